The molecule has 0 aromatic carbocycles. The first-order valence-electron chi connectivity index (χ1n) is 10.3. The van der Waals surface area contributed by atoms with Crippen molar-refractivity contribution >= 4 is 41.3 Å². The Hall–Kier alpha value is -1.88. The minimum atomic E-state index is 0. The van der Waals surface area contributed by atoms with Crippen molar-refractivity contribution in [2.45, 2.75) is 51.6 Å². The molecule has 4 heterocycles. The molecule has 162 valence electrons. The normalized spacial score (nSPS) is 16.0. The predicted octanol–water partition coefficient (Wildman–Crippen LogP) is 3.45. The van der Waals surface area contributed by atoms with E-state index >= 15 is 0 Å². The average Bonchev–Trinajstić information content (AvgIpc) is 3.49. The molecule has 0 bridgehead atoms. The van der Waals surface area contributed by atoms with Gasteiger partial charge in [0, 0.05) is 49.7 Å². The van der Waals surface area contributed by atoms with Crippen molar-refractivity contribution in [3.8, 4) is 0 Å². The van der Waals surface area contributed by atoms with Crippen molar-refractivity contribution in [2.75, 3.05) is 13.1 Å². The van der Waals surface area contributed by atoms with Crippen LogP contribution in [-0.4, -0.2) is 39.9 Å². The fourth-order valence-electron chi connectivity index (χ4n) is 3.47. The van der Waals surface area contributed by atoms with Crippen LogP contribution in [0.5, 0.6) is 0 Å². The molecule has 1 aliphatic rings. The Kier molecular flexibility index (Phi) is 8.74. The summed E-state index contributed by atoms with van der Waals surface area (Å²) in [6.07, 6.45) is 6.36. The lowest BCUT2D eigenvalue weighted by atomic mass is 10.1. The molecule has 9 heteroatoms. The summed E-state index contributed by atoms with van der Waals surface area (Å²) in [6.45, 7) is 4.46. The first kappa shape index (κ1) is 22.8. The second-order valence-electron chi connectivity index (χ2n) is 7.18. The van der Waals surface area contributed by atoms with Gasteiger partial charge in [0.25, 0.3) is 0 Å². The Labute approximate surface area is 198 Å². The van der Waals surface area contributed by atoms with Gasteiger partial charge in [0.05, 0.1) is 12.8 Å². The molecule has 4 rings (SSSR count). The highest BCUT2D eigenvalue weighted by Crippen LogP contribution is 2.13. The molecule has 2 N–H and O–H groups in total. The van der Waals surface area contributed by atoms with Crippen molar-refractivity contribution < 1.29 is 4.42 Å². The topological polar surface area (TPSA) is 80.3 Å². The Morgan fingerprint density at radius 1 is 1.33 bits per heavy atom. The van der Waals surface area contributed by atoms with Gasteiger partial charge in [-0.2, -0.15) is 5.10 Å². The van der Waals surface area contributed by atoms with Gasteiger partial charge in [-0.3, -0.25) is 4.99 Å². The quantitative estimate of drug-likeness (QED) is 0.260. The van der Waals surface area contributed by atoms with Crippen molar-refractivity contribution in [3.63, 3.8) is 0 Å². The van der Waals surface area contributed by atoms with E-state index in [2.05, 4.69) is 45.2 Å². The van der Waals surface area contributed by atoms with Crippen molar-refractivity contribution in [3.05, 3.63) is 58.2 Å². The van der Waals surface area contributed by atoms with Crippen LogP contribution >= 0.6 is 35.3 Å². The summed E-state index contributed by atoms with van der Waals surface area (Å²) in [7, 11) is 0. The van der Waals surface area contributed by atoms with Crippen LogP contribution in [0.25, 0.3) is 0 Å². The average molecular weight is 540 g/mol. The fraction of sp³-hybridized carbons (Fsp3) is 0.476. The zero-order valence-corrected chi connectivity index (χ0v) is 20.4. The number of hydrogen-bond donors (Lipinski definition) is 2. The van der Waals surface area contributed by atoms with Crippen LogP contribution in [0.2, 0.25) is 0 Å². The van der Waals surface area contributed by atoms with Crippen molar-refractivity contribution in [1.82, 2.24) is 25.4 Å². The minimum absolute atomic E-state index is 0. The molecule has 1 aliphatic heterocycles. The van der Waals surface area contributed by atoms with E-state index in [1.165, 1.54) is 4.88 Å². The van der Waals surface area contributed by atoms with Gasteiger partial charge in [-0.15, -0.1) is 35.3 Å². The van der Waals surface area contributed by atoms with Gasteiger partial charge < -0.3 is 15.1 Å². The number of halogens is 1. The third-order valence-electron chi connectivity index (χ3n) is 5.01. The van der Waals surface area contributed by atoms with Gasteiger partial charge in [-0.1, -0.05) is 13.0 Å². The highest BCUT2D eigenvalue weighted by Gasteiger charge is 2.22. The van der Waals surface area contributed by atoms with Gasteiger partial charge in [0.2, 0.25) is 0 Å². The van der Waals surface area contributed by atoms with E-state index in [1.54, 1.807) is 17.6 Å². The van der Waals surface area contributed by atoms with E-state index < -0.39 is 0 Å². The molecule has 0 saturated heterocycles. The number of guanidine groups is 1. The summed E-state index contributed by atoms with van der Waals surface area (Å²) in [5, 5.41) is 13.8. The molecule has 0 aliphatic carbocycles. The maximum atomic E-state index is 5.43. The van der Waals surface area contributed by atoms with Crippen LogP contribution < -0.4 is 10.6 Å². The summed E-state index contributed by atoms with van der Waals surface area (Å²) in [5.74, 6) is 3.87. The Bertz CT molecular complexity index is 906. The summed E-state index contributed by atoms with van der Waals surface area (Å²) in [5.41, 5.74) is 0. The van der Waals surface area contributed by atoms with E-state index in [0.29, 0.717) is 6.04 Å². The molecule has 0 radical (unpaired) electrons. The first-order valence-corrected chi connectivity index (χ1v) is 11.2. The second-order valence-corrected chi connectivity index (χ2v) is 8.21. The Balaban J connectivity index is 0.00000256. The zero-order chi connectivity index (χ0) is 19.9. The lowest BCUT2D eigenvalue weighted by Crippen LogP contribution is -2.47. The summed E-state index contributed by atoms with van der Waals surface area (Å²) < 4.78 is 7.48. The number of hydrogen-bond acceptors (Lipinski definition) is 5. The largest absolute Gasteiger partial charge is 0.469 e. The predicted molar refractivity (Wildman–Crippen MR) is 131 cm³/mol. The number of nitrogens with one attached hydrogen (secondary N) is 2. The molecular weight excluding hydrogens is 511 g/mol. The molecule has 0 fully saturated rings. The fourth-order valence-corrected chi connectivity index (χ4v) is 4.16. The van der Waals surface area contributed by atoms with Gasteiger partial charge in [-0.05, 0) is 30.0 Å². The number of furan rings is 1. The van der Waals surface area contributed by atoms with Gasteiger partial charge >= 0.3 is 0 Å². The van der Waals surface area contributed by atoms with E-state index in [-0.39, 0.29) is 24.0 Å². The Morgan fingerprint density at radius 3 is 3.03 bits per heavy atom. The number of rotatable bonds is 8. The van der Waals surface area contributed by atoms with E-state index in [1.807, 2.05) is 16.8 Å². The minimum Gasteiger partial charge on any atom is -0.469 e. The third kappa shape index (κ3) is 6.31. The number of aliphatic imine (C=N–C) groups is 1. The number of thiophene rings is 1. The second kappa shape index (κ2) is 11.5. The molecule has 30 heavy (non-hydrogen) atoms. The number of aromatic nitrogens is 3. The summed E-state index contributed by atoms with van der Waals surface area (Å²) in [6, 6.07) is 8.47. The van der Waals surface area contributed by atoms with Gasteiger partial charge in [0.15, 0.2) is 11.8 Å². The van der Waals surface area contributed by atoms with Crippen LogP contribution in [0.1, 0.15) is 35.6 Å². The molecule has 1 unspecified atom stereocenters. The van der Waals surface area contributed by atoms with Gasteiger partial charge in [-0.25, -0.2) is 9.67 Å². The Morgan fingerprint density at radius 2 is 2.27 bits per heavy atom. The first-order chi connectivity index (χ1) is 14.3. The van der Waals surface area contributed by atoms with E-state index in [4.69, 9.17) is 9.41 Å². The summed E-state index contributed by atoms with van der Waals surface area (Å²) >= 11 is 1.78. The van der Waals surface area contributed by atoms with E-state index in [9.17, 15) is 0 Å². The third-order valence-corrected chi connectivity index (χ3v) is 5.95. The molecule has 0 saturated carbocycles. The smallest absolute Gasteiger partial charge is 0.191 e. The number of aryl methyl sites for hydroxylation is 2. The van der Waals surface area contributed by atoms with Crippen LogP contribution in [0.4, 0.5) is 0 Å². The van der Waals surface area contributed by atoms with Crippen LogP contribution in [-0.2, 0) is 32.2 Å². The van der Waals surface area contributed by atoms with Crippen molar-refractivity contribution in [1.29, 1.82) is 0 Å². The van der Waals surface area contributed by atoms with E-state index in [0.717, 1.165) is 75.1 Å². The standard InChI is InChI=1S/C21H28N6OS.HI/c1-2-19-25-20-8-7-16(15-27(20)26-19)24-21(22-11-9-17-5-3-13-28-17)23-12-10-18-6-4-14-29-18;/h3-6,13-14,16H,2,7-12,15H2,1H3,(H2,22,23,24);1H. The monoisotopic (exact) mass is 540 g/mol. The van der Waals surface area contributed by atoms with Crippen LogP contribution in [0.15, 0.2) is 45.3 Å². The molecule has 0 spiro atoms. The van der Waals surface area contributed by atoms with Gasteiger partial charge in [0.1, 0.15) is 11.6 Å². The maximum Gasteiger partial charge on any atom is 0.191 e. The van der Waals surface area contributed by atoms with Crippen LogP contribution in [0.3, 0.4) is 0 Å². The zero-order valence-electron chi connectivity index (χ0n) is 17.2. The molecular formula is C21H29IN6OS. The van der Waals surface area contributed by atoms with Crippen molar-refractivity contribution in [2.24, 2.45) is 4.99 Å². The molecule has 1 atom stereocenters. The molecule has 3 aromatic heterocycles. The highest BCUT2D eigenvalue weighted by atomic mass is 127. The van der Waals surface area contributed by atoms with Crippen LogP contribution in [0, 0.1) is 0 Å². The molecule has 7 nitrogen and oxygen atoms in total. The summed E-state index contributed by atoms with van der Waals surface area (Å²) in [4.78, 5) is 10.8. The SMILES string of the molecule is CCc1nc2n(n1)CC(NC(=NCCc1cccs1)NCCc1ccco1)CC2.I. The lowest BCUT2D eigenvalue weighted by Gasteiger charge is -2.25. The molecule has 3 aromatic rings. The molecule has 0 amide bonds. The number of nitrogens with zero attached hydrogens (tertiary/aromatic N) is 4. The maximum absolute atomic E-state index is 5.43. The number of fused-ring (bicyclic) bond motifs is 1. The lowest BCUT2D eigenvalue weighted by molar-refractivity contribution is 0.391. The highest BCUT2D eigenvalue weighted by molar-refractivity contribution is 14.0.